The molecule has 0 radical (unpaired) electrons. The number of benzene rings is 1. The summed E-state index contributed by atoms with van der Waals surface area (Å²) >= 11 is 0. The molecule has 0 spiro atoms. The van der Waals surface area contributed by atoms with Gasteiger partial charge in [0.1, 0.15) is 5.82 Å². The van der Waals surface area contributed by atoms with Crippen LogP contribution < -0.4 is 11.4 Å². The van der Waals surface area contributed by atoms with Gasteiger partial charge in [-0.2, -0.15) is 18.3 Å². The van der Waals surface area contributed by atoms with Crippen LogP contribution in [0.1, 0.15) is 11.4 Å². The van der Waals surface area contributed by atoms with Crippen molar-refractivity contribution in [3.05, 3.63) is 46.1 Å². The Labute approximate surface area is 105 Å². The highest BCUT2D eigenvalue weighted by atomic mass is 19.4. The van der Waals surface area contributed by atoms with Gasteiger partial charge in [0.2, 0.25) is 0 Å². The SMILES string of the molecule is NCCc1n[nH]c(=O)n1-c1cccc(C(F)(F)F)c1. The number of hydrogen-bond acceptors (Lipinski definition) is 3. The van der Waals surface area contributed by atoms with Crippen molar-refractivity contribution in [2.75, 3.05) is 6.54 Å². The Balaban J connectivity index is 2.53. The van der Waals surface area contributed by atoms with E-state index in [1.807, 2.05) is 0 Å². The lowest BCUT2D eigenvalue weighted by atomic mass is 10.2. The molecule has 0 aliphatic heterocycles. The lowest BCUT2D eigenvalue weighted by Crippen LogP contribution is -2.19. The van der Waals surface area contributed by atoms with Crippen molar-refractivity contribution in [1.29, 1.82) is 0 Å². The van der Waals surface area contributed by atoms with Crippen LogP contribution in [-0.4, -0.2) is 21.3 Å². The van der Waals surface area contributed by atoms with Crippen molar-refractivity contribution in [1.82, 2.24) is 14.8 Å². The first-order valence-electron chi connectivity index (χ1n) is 5.47. The maximum atomic E-state index is 12.6. The van der Waals surface area contributed by atoms with Crippen LogP contribution in [0.2, 0.25) is 0 Å². The molecule has 0 unspecified atom stereocenters. The van der Waals surface area contributed by atoms with Gasteiger partial charge in [0.25, 0.3) is 0 Å². The number of nitrogens with one attached hydrogen (secondary N) is 1. The van der Waals surface area contributed by atoms with Crippen LogP contribution in [0, 0.1) is 0 Å². The monoisotopic (exact) mass is 272 g/mol. The van der Waals surface area contributed by atoms with E-state index < -0.39 is 17.4 Å². The molecule has 0 saturated heterocycles. The highest BCUT2D eigenvalue weighted by molar-refractivity contribution is 5.37. The molecule has 5 nitrogen and oxygen atoms in total. The number of aromatic nitrogens is 3. The second-order valence-corrected chi connectivity index (χ2v) is 3.87. The zero-order valence-corrected chi connectivity index (χ0v) is 9.74. The number of halogens is 3. The van der Waals surface area contributed by atoms with E-state index in [9.17, 15) is 18.0 Å². The summed E-state index contributed by atoms with van der Waals surface area (Å²) in [4.78, 5) is 11.6. The molecule has 0 amide bonds. The lowest BCUT2D eigenvalue weighted by Gasteiger charge is -2.09. The van der Waals surface area contributed by atoms with Gasteiger partial charge in [-0.15, -0.1) is 0 Å². The van der Waals surface area contributed by atoms with Gasteiger partial charge < -0.3 is 5.73 Å². The first-order valence-corrected chi connectivity index (χ1v) is 5.47. The molecular weight excluding hydrogens is 261 g/mol. The first kappa shape index (κ1) is 13.3. The van der Waals surface area contributed by atoms with Crippen LogP contribution in [0.4, 0.5) is 13.2 Å². The predicted octanol–water partition coefficient (Wildman–Crippen LogP) is 1.08. The molecule has 2 rings (SSSR count). The lowest BCUT2D eigenvalue weighted by molar-refractivity contribution is -0.137. The van der Waals surface area contributed by atoms with Crippen molar-refractivity contribution in [3.8, 4) is 5.69 Å². The molecule has 2 aromatic rings. The van der Waals surface area contributed by atoms with Crippen LogP contribution in [0.3, 0.4) is 0 Å². The van der Waals surface area contributed by atoms with Crippen LogP contribution >= 0.6 is 0 Å². The molecule has 0 aliphatic rings. The fraction of sp³-hybridized carbons (Fsp3) is 0.273. The van der Waals surface area contributed by atoms with E-state index in [2.05, 4.69) is 10.2 Å². The third kappa shape index (κ3) is 2.68. The van der Waals surface area contributed by atoms with E-state index >= 15 is 0 Å². The number of rotatable bonds is 3. The number of H-pyrrole nitrogens is 1. The molecule has 19 heavy (non-hydrogen) atoms. The maximum absolute atomic E-state index is 12.6. The Morgan fingerprint density at radius 3 is 2.74 bits per heavy atom. The molecule has 0 atom stereocenters. The van der Waals surface area contributed by atoms with Crippen molar-refractivity contribution in [2.24, 2.45) is 5.73 Å². The van der Waals surface area contributed by atoms with Gasteiger partial charge >= 0.3 is 11.9 Å². The molecular formula is C11H11F3N4O. The Morgan fingerprint density at radius 1 is 1.37 bits per heavy atom. The summed E-state index contributed by atoms with van der Waals surface area (Å²) < 4.78 is 39.0. The molecule has 1 aromatic heterocycles. The average molecular weight is 272 g/mol. The van der Waals surface area contributed by atoms with Crippen molar-refractivity contribution < 1.29 is 13.2 Å². The van der Waals surface area contributed by atoms with Crippen molar-refractivity contribution >= 4 is 0 Å². The second-order valence-electron chi connectivity index (χ2n) is 3.87. The number of hydrogen-bond donors (Lipinski definition) is 2. The smallest absolute Gasteiger partial charge is 0.330 e. The molecule has 1 aromatic carbocycles. The summed E-state index contributed by atoms with van der Waals surface area (Å²) in [5, 5.41) is 5.94. The number of aromatic amines is 1. The molecule has 8 heteroatoms. The quantitative estimate of drug-likeness (QED) is 0.877. The summed E-state index contributed by atoms with van der Waals surface area (Å²) in [6, 6.07) is 4.49. The van der Waals surface area contributed by atoms with Gasteiger partial charge in [-0.1, -0.05) is 6.07 Å². The van der Waals surface area contributed by atoms with Gasteiger partial charge in [-0.05, 0) is 24.7 Å². The summed E-state index contributed by atoms with van der Waals surface area (Å²) in [7, 11) is 0. The molecule has 0 fully saturated rings. The van der Waals surface area contributed by atoms with E-state index in [0.717, 1.165) is 16.7 Å². The minimum Gasteiger partial charge on any atom is -0.330 e. The van der Waals surface area contributed by atoms with Crippen LogP contribution in [0.15, 0.2) is 29.1 Å². The minimum absolute atomic E-state index is 0.108. The second kappa shape index (κ2) is 4.88. The summed E-state index contributed by atoms with van der Waals surface area (Å²) in [5.41, 5.74) is 4.06. The van der Waals surface area contributed by atoms with Crippen LogP contribution in [0.25, 0.3) is 5.69 Å². The molecule has 0 bridgehead atoms. The largest absolute Gasteiger partial charge is 0.416 e. The molecule has 0 saturated carbocycles. The maximum Gasteiger partial charge on any atom is 0.416 e. The first-order chi connectivity index (χ1) is 8.93. The van der Waals surface area contributed by atoms with E-state index in [-0.39, 0.29) is 18.7 Å². The Hall–Kier alpha value is -2.09. The van der Waals surface area contributed by atoms with E-state index in [4.69, 9.17) is 5.73 Å². The Morgan fingerprint density at radius 2 is 2.11 bits per heavy atom. The highest BCUT2D eigenvalue weighted by Gasteiger charge is 2.30. The Kier molecular flexibility index (Phi) is 3.43. The minimum atomic E-state index is -4.46. The summed E-state index contributed by atoms with van der Waals surface area (Å²) in [6.45, 7) is 0.239. The average Bonchev–Trinajstić information content (AvgIpc) is 2.70. The summed E-state index contributed by atoms with van der Waals surface area (Å²) in [6.07, 6.45) is -4.17. The third-order valence-corrected chi connectivity index (χ3v) is 2.54. The standard InChI is InChI=1S/C11H11F3N4O/c12-11(13,14)7-2-1-3-8(6-7)18-9(4-5-15)16-17-10(18)19/h1-3,6H,4-5,15H2,(H,17,19). The predicted molar refractivity (Wildman–Crippen MR) is 61.9 cm³/mol. The zero-order chi connectivity index (χ0) is 14.0. The molecule has 0 aliphatic carbocycles. The van der Waals surface area contributed by atoms with Crippen molar-refractivity contribution in [2.45, 2.75) is 12.6 Å². The van der Waals surface area contributed by atoms with E-state index in [0.29, 0.717) is 5.82 Å². The van der Waals surface area contributed by atoms with Crippen molar-refractivity contribution in [3.63, 3.8) is 0 Å². The third-order valence-electron chi connectivity index (χ3n) is 2.54. The van der Waals surface area contributed by atoms with Crippen LogP contribution in [0.5, 0.6) is 0 Å². The Bertz CT molecular complexity index is 629. The zero-order valence-electron chi connectivity index (χ0n) is 9.74. The molecule has 102 valence electrons. The van der Waals surface area contributed by atoms with Gasteiger partial charge in [0.05, 0.1) is 11.3 Å². The number of alkyl halides is 3. The summed E-state index contributed by atoms with van der Waals surface area (Å²) in [5.74, 6) is 0.298. The topological polar surface area (TPSA) is 76.7 Å². The van der Waals surface area contributed by atoms with E-state index in [1.165, 1.54) is 12.1 Å². The van der Waals surface area contributed by atoms with Gasteiger partial charge in [-0.3, -0.25) is 0 Å². The van der Waals surface area contributed by atoms with Gasteiger partial charge in [0, 0.05) is 6.42 Å². The van der Waals surface area contributed by atoms with E-state index in [1.54, 1.807) is 0 Å². The molecule has 3 N–H and O–H groups in total. The number of nitrogens with two attached hydrogens (primary N) is 1. The highest BCUT2D eigenvalue weighted by Crippen LogP contribution is 2.30. The normalized spacial score (nSPS) is 11.8. The fourth-order valence-electron chi connectivity index (χ4n) is 1.71. The van der Waals surface area contributed by atoms with Crippen LogP contribution in [-0.2, 0) is 12.6 Å². The molecule has 1 heterocycles. The van der Waals surface area contributed by atoms with Gasteiger partial charge in [0.15, 0.2) is 0 Å². The number of nitrogens with zero attached hydrogens (tertiary/aromatic N) is 2. The van der Waals surface area contributed by atoms with Gasteiger partial charge in [-0.25, -0.2) is 14.5 Å². The fourth-order valence-corrected chi connectivity index (χ4v) is 1.71.